The number of nitro groups is 1. The predicted molar refractivity (Wildman–Crippen MR) is 62.4 cm³/mol. The van der Waals surface area contributed by atoms with Crippen molar-refractivity contribution < 1.29 is 4.92 Å². The maximum atomic E-state index is 11.0. The normalized spacial score (nSPS) is 12.1. The molecule has 0 aliphatic heterocycles. The molecule has 1 aromatic heterocycles. The molecule has 1 unspecified atom stereocenters. The molecule has 92 valence electrons. The summed E-state index contributed by atoms with van der Waals surface area (Å²) in [5, 5.41) is 24.0. The molecule has 0 spiro atoms. The maximum Gasteiger partial charge on any atom is 0.313 e. The van der Waals surface area contributed by atoms with Crippen LogP contribution in [0.15, 0.2) is 0 Å². The van der Waals surface area contributed by atoms with Crippen LogP contribution in [0.1, 0.15) is 32.2 Å². The maximum absolute atomic E-state index is 11.0. The lowest BCUT2D eigenvalue weighted by Crippen LogP contribution is -2.10. The van der Waals surface area contributed by atoms with Gasteiger partial charge in [0.15, 0.2) is 0 Å². The van der Waals surface area contributed by atoms with Crippen LogP contribution in [0, 0.1) is 27.4 Å². The zero-order valence-corrected chi connectivity index (χ0v) is 10.3. The summed E-state index contributed by atoms with van der Waals surface area (Å²) in [5.74, 6) is -0.204. The molecule has 0 saturated heterocycles. The first kappa shape index (κ1) is 13.2. The zero-order valence-electron chi connectivity index (χ0n) is 10.3. The van der Waals surface area contributed by atoms with Crippen molar-refractivity contribution in [3.63, 3.8) is 0 Å². The van der Waals surface area contributed by atoms with E-state index >= 15 is 0 Å². The molecule has 1 atom stereocenters. The highest BCUT2D eigenvalue weighted by Crippen LogP contribution is 2.25. The second-order valence-electron chi connectivity index (χ2n) is 3.92. The third kappa shape index (κ3) is 2.61. The molecular formula is C11H16N4O2. The second kappa shape index (κ2) is 5.43. The Morgan fingerprint density at radius 2 is 2.18 bits per heavy atom. The van der Waals surface area contributed by atoms with E-state index in [0.29, 0.717) is 30.8 Å². The van der Waals surface area contributed by atoms with Crippen molar-refractivity contribution in [2.45, 2.75) is 40.2 Å². The monoisotopic (exact) mass is 236 g/mol. The molecule has 1 rings (SSSR count). The Labute approximate surface area is 100 Å². The Morgan fingerprint density at radius 3 is 2.59 bits per heavy atom. The van der Waals surface area contributed by atoms with Crippen molar-refractivity contribution >= 4 is 5.69 Å². The van der Waals surface area contributed by atoms with Gasteiger partial charge < -0.3 is 0 Å². The number of nitrogens with zero attached hydrogens (tertiary/aromatic N) is 4. The summed E-state index contributed by atoms with van der Waals surface area (Å²) in [6.45, 7) is 5.88. The van der Waals surface area contributed by atoms with E-state index in [2.05, 4.69) is 11.2 Å². The van der Waals surface area contributed by atoms with Crippen molar-refractivity contribution in [2.24, 2.45) is 5.92 Å². The molecular weight excluding hydrogens is 220 g/mol. The van der Waals surface area contributed by atoms with Gasteiger partial charge in [0.05, 0.1) is 23.5 Å². The largest absolute Gasteiger partial charge is 0.313 e. The summed E-state index contributed by atoms with van der Waals surface area (Å²) in [6, 6.07) is 2.11. The molecule has 0 aromatic carbocycles. The van der Waals surface area contributed by atoms with E-state index in [9.17, 15) is 10.1 Å². The molecule has 0 saturated carbocycles. The summed E-state index contributed by atoms with van der Waals surface area (Å²) in [6.07, 6.45) is 1.07. The second-order valence-corrected chi connectivity index (χ2v) is 3.92. The first-order valence-corrected chi connectivity index (χ1v) is 5.67. The number of hydrogen-bond donors (Lipinski definition) is 0. The summed E-state index contributed by atoms with van der Waals surface area (Å²) in [4.78, 5) is 10.6. The van der Waals surface area contributed by atoms with Gasteiger partial charge in [-0.2, -0.15) is 10.4 Å². The highest BCUT2D eigenvalue weighted by Gasteiger charge is 2.25. The standard InChI is InChI=1S/C11H16N4O2/c1-4-9-11(15(16)17)10(5-2)14(13-9)7-8(3)6-12/h8H,4-5,7H2,1-3H3. The van der Waals surface area contributed by atoms with Crippen LogP contribution in [0.25, 0.3) is 0 Å². The van der Waals surface area contributed by atoms with Crippen molar-refractivity contribution in [3.8, 4) is 6.07 Å². The number of rotatable bonds is 5. The Bertz CT molecular complexity index is 459. The first-order chi connectivity index (χ1) is 8.04. The van der Waals surface area contributed by atoms with Crippen LogP contribution in [-0.4, -0.2) is 14.7 Å². The fourth-order valence-electron chi connectivity index (χ4n) is 1.79. The molecule has 17 heavy (non-hydrogen) atoms. The van der Waals surface area contributed by atoms with Gasteiger partial charge in [0.2, 0.25) is 0 Å². The van der Waals surface area contributed by atoms with Gasteiger partial charge in [-0.3, -0.25) is 14.8 Å². The summed E-state index contributed by atoms with van der Waals surface area (Å²) in [7, 11) is 0. The van der Waals surface area contributed by atoms with Crippen molar-refractivity contribution in [1.82, 2.24) is 9.78 Å². The third-order valence-corrected chi connectivity index (χ3v) is 2.62. The molecule has 0 bridgehead atoms. The average molecular weight is 236 g/mol. The van der Waals surface area contributed by atoms with E-state index in [4.69, 9.17) is 5.26 Å². The van der Waals surface area contributed by atoms with Gasteiger partial charge in [-0.1, -0.05) is 13.8 Å². The molecule has 0 fully saturated rings. The van der Waals surface area contributed by atoms with Gasteiger partial charge in [0.25, 0.3) is 0 Å². The van der Waals surface area contributed by atoms with E-state index < -0.39 is 0 Å². The van der Waals surface area contributed by atoms with Crippen LogP contribution in [0.2, 0.25) is 0 Å². The van der Waals surface area contributed by atoms with E-state index in [0.717, 1.165) is 0 Å². The van der Waals surface area contributed by atoms with Crippen LogP contribution in [0.5, 0.6) is 0 Å². The average Bonchev–Trinajstić information content (AvgIpc) is 2.66. The molecule has 1 heterocycles. The Kier molecular flexibility index (Phi) is 4.21. The number of nitriles is 1. The van der Waals surface area contributed by atoms with Crippen molar-refractivity contribution in [3.05, 3.63) is 21.5 Å². The molecule has 6 heteroatoms. The molecule has 0 N–H and O–H groups in total. The molecule has 0 amide bonds. The van der Waals surface area contributed by atoms with Gasteiger partial charge in [-0.25, -0.2) is 0 Å². The highest BCUT2D eigenvalue weighted by atomic mass is 16.6. The lowest BCUT2D eigenvalue weighted by Gasteiger charge is -2.05. The predicted octanol–water partition coefficient (Wildman–Crippen LogP) is 2.08. The lowest BCUT2D eigenvalue weighted by atomic mass is 10.2. The van der Waals surface area contributed by atoms with E-state index in [1.807, 2.05) is 13.8 Å². The molecule has 1 aromatic rings. The summed E-state index contributed by atoms with van der Waals surface area (Å²) in [5.41, 5.74) is 1.21. The van der Waals surface area contributed by atoms with Gasteiger partial charge in [0, 0.05) is 0 Å². The SMILES string of the molecule is CCc1nn(CC(C)C#N)c(CC)c1[N+](=O)[O-]. The van der Waals surface area contributed by atoms with Gasteiger partial charge in [0.1, 0.15) is 11.4 Å². The van der Waals surface area contributed by atoms with Crippen molar-refractivity contribution in [1.29, 1.82) is 5.26 Å². The van der Waals surface area contributed by atoms with Gasteiger partial charge in [-0.15, -0.1) is 0 Å². The topological polar surface area (TPSA) is 84.8 Å². The lowest BCUT2D eigenvalue weighted by molar-refractivity contribution is -0.386. The zero-order chi connectivity index (χ0) is 13.0. The van der Waals surface area contributed by atoms with E-state index in [-0.39, 0.29) is 16.5 Å². The highest BCUT2D eigenvalue weighted by molar-refractivity contribution is 5.41. The van der Waals surface area contributed by atoms with E-state index in [1.165, 1.54) is 0 Å². The fraction of sp³-hybridized carbons (Fsp3) is 0.636. The fourth-order valence-corrected chi connectivity index (χ4v) is 1.79. The minimum absolute atomic E-state index is 0.111. The van der Waals surface area contributed by atoms with Crippen LogP contribution in [-0.2, 0) is 19.4 Å². The quantitative estimate of drug-likeness (QED) is 0.578. The molecule has 0 radical (unpaired) electrons. The summed E-state index contributed by atoms with van der Waals surface area (Å²) >= 11 is 0. The number of aryl methyl sites for hydroxylation is 1. The minimum atomic E-state index is -0.377. The molecule has 0 aliphatic rings. The Balaban J connectivity index is 3.23. The first-order valence-electron chi connectivity index (χ1n) is 5.67. The van der Waals surface area contributed by atoms with Crippen LogP contribution >= 0.6 is 0 Å². The Morgan fingerprint density at radius 1 is 1.53 bits per heavy atom. The van der Waals surface area contributed by atoms with Crippen LogP contribution < -0.4 is 0 Å². The number of aromatic nitrogens is 2. The number of hydrogen-bond acceptors (Lipinski definition) is 4. The van der Waals surface area contributed by atoms with Gasteiger partial charge >= 0.3 is 5.69 Å². The van der Waals surface area contributed by atoms with Crippen LogP contribution in [0.4, 0.5) is 5.69 Å². The smallest absolute Gasteiger partial charge is 0.261 e. The molecule has 0 aliphatic carbocycles. The third-order valence-electron chi connectivity index (χ3n) is 2.62. The van der Waals surface area contributed by atoms with Crippen LogP contribution in [0.3, 0.4) is 0 Å². The minimum Gasteiger partial charge on any atom is -0.261 e. The van der Waals surface area contributed by atoms with Crippen molar-refractivity contribution in [2.75, 3.05) is 0 Å². The Hall–Kier alpha value is -1.90. The molecule has 6 nitrogen and oxygen atoms in total. The van der Waals surface area contributed by atoms with E-state index in [1.54, 1.807) is 11.6 Å². The summed E-state index contributed by atoms with van der Waals surface area (Å²) < 4.78 is 1.60. The van der Waals surface area contributed by atoms with Gasteiger partial charge in [-0.05, 0) is 19.8 Å².